The van der Waals surface area contributed by atoms with E-state index in [9.17, 15) is 9.59 Å². The van der Waals surface area contributed by atoms with Gasteiger partial charge in [0, 0.05) is 12.6 Å². The molecule has 0 aliphatic heterocycles. The van der Waals surface area contributed by atoms with E-state index in [1.54, 1.807) is 12.2 Å². The van der Waals surface area contributed by atoms with Gasteiger partial charge in [0.15, 0.2) is 0 Å². The Hall–Kier alpha value is -1.78. The summed E-state index contributed by atoms with van der Waals surface area (Å²) in [6.45, 7) is 7.76. The summed E-state index contributed by atoms with van der Waals surface area (Å²) in [4.78, 5) is 23.8. The molecule has 1 fully saturated rings. The summed E-state index contributed by atoms with van der Waals surface area (Å²) < 4.78 is 5.24. The molecule has 1 rings (SSSR count). The Labute approximate surface area is 133 Å². The topological polar surface area (TPSA) is 67.4 Å². The summed E-state index contributed by atoms with van der Waals surface area (Å²) in [5, 5.41) is 5.82. The number of ether oxygens (including phenoxy) is 1. The van der Waals surface area contributed by atoms with Crippen molar-refractivity contribution >= 4 is 12.0 Å². The molecule has 0 heterocycles. The van der Waals surface area contributed by atoms with E-state index in [0.29, 0.717) is 6.54 Å². The fraction of sp³-hybridized carbons (Fsp3) is 0.647. The van der Waals surface area contributed by atoms with Crippen LogP contribution in [-0.4, -0.2) is 29.7 Å². The maximum absolute atomic E-state index is 12.0. The maximum Gasteiger partial charge on any atom is 0.407 e. The van der Waals surface area contributed by atoms with Gasteiger partial charge in [-0.05, 0) is 40.5 Å². The molecule has 0 saturated heterocycles. The maximum atomic E-state index is 12.0. The van der Waals surface area contributed by atoms with Gasteiger partial charge in [-0.25, -0.2) is 4.79 Å². The van der Waals surface area contributed by atoms with Crippen molar-refractivity contribution in [1.82, 2.24) is 10.6 Å². The number of allylic oxidation sites excluding steroid dienone is 3. The van der Waals surface area contributed by atoms with Gasteiger partial charge in [0.05, 0.1) is 5.54 Å². The molecule has 0 spiro atoms. The van der Waals surface area contributed by atoms with Gasteiger partial charge in [-0.1, -0.05) is 31.1 Å². The average molecular weight is 308 g/mol. The molecule has 0 aromatic rings. The van der Waals surface area contributed by atoms with Gasteiger partial charge < -0.3 is 15.4 Å². The summed E-state index contributed by atoms with van der Waals surface area (Å²) in [5.74, 6) is -0.133. The number of carbonyl (C=O) groups excluding carboxylic acids is 2. The van der Waals surface area contributed by atoms with E-state index in [1.165, 1.54) is 6.08 Å². The molecule has 124 valence electrons. The third kappa shape index (κ3) is 6.78. The van der Waals surface area contributed by atoms with Crippen LogP contribution >= 0.6 is 0 Å². The molecule has 1 saturated carbocycles. The zero-order chi connectivity index (χ0) is 16.6. The lowest BCUT2D eigenvalue weighted by molar-refractivity contribution is -0.118. The van der Waals surface area contributed by atoms with Crippen molar-refractivity contribution in [2.45, 2.75) is 64.5 Å². The van der Waals surface area contributed by atoms with E-state index in [4.69, 9.17) is 4.74 Å². The van der Waals surface area contributed by atoms with Gasteiger partial charge in [0.1, 0.15) is 5.60 Å². The monoisotopic (exact) mass is 308 g/mol. The van der Waals surface area contributed by atoms with Gasteiger partial charge in [0.25, 0.3) is 0 Å². The molecule has 0 aromatic carbocycles. The predicted octanol–water partition coefficient (Wildman–Crippen LogP) is 3.07. The average Bonchev–Trinajstić information content (AvgIpc) is 2.84. The van der Waals surface area contributed by atoms with E-state index in [2.05, 4.69) is 10.6 Å². The molecule has 1 aliphatic carbocycles. The number of hydrogen-bond acceptors (Lipinski definition) is 3. The lowest BCUT2D eigenvalue weighted by Gasteiger charge is -2.30. The van der Waals surface area contributed by atoms with Crippen molar-refractivity contribution in [1.29, 1.82) is 0 Å². The minimum absolute atomic E-state index is 0.133. The van der Waals surface area contributed by atoms with Crippen LogP contribution in [-0.2, 0) is 9.53 Å². The highest BCUT2D eigenvalue weighted by Gasteiger charge is 2.35. The molecule has 0 unspecified atom stereocenters. The van der Waals surface area contributed by atoms with Crippen LogP contribution in [0.5, 0.6) is 0 Å². The van der Waals surface area contributed by atoms with Crippen LogP contribution in [0.3, 0.4) is 0 Å². The lowest BCUT2D eigenvalue weighted by atomic mass is 9.97. The van der Waals surface area contributed by atoms with Gasteiger partial charge >= 0.3 is 6.09 Å². The third-order valence-electron chi connectivity index (χ3n) is 3.47. The largest absolute Gasteiger partial charge is 0.444 e. The van der Waals surface area contributed by atoms with Crippen LogP contribution in [0.15, 0.2) is 24.3 Å². The smallest absolute Gasteiger partial charge is 0.407 e. The van der Waals surface area contributed by atoms with Crippen LogP contribution in [0.1, 0.15) is 53.4 Å². The summed E-state index contributed by atoms with van der Waals surface area (Å²) in [6.07, 6.45) is 10.3. The summed E-state index contributed by atoms with van der Waals surface area (Å²) in [7, 11) is 0. The third-order valence-corrected chi connectivity index (χ3v) is 3.47. The van der Waals surface area contributed by atoms with E-state index >= 15 is 0 Å². The van der Waals surface area contributed by atoms with E-state index in [1.807, 2.05) is 33.8 Å². The van der Waals surface area contributed by atoms with Crippen molar-refractivity contribution in [3.8, 4) is 0 Å². The van der Waals surface area contributed by atoms with Crippen molar-refractivity contribution in [3.63, 3.8) is 0 Å². The highest BCUT2D eigenvalue weighted by molar-refractivity contribution is 5.88. The summed E-state index contributed by atoms with van der Waals surface area (Å²) in [6, 6.07) is 0. The quantitative estimate of drug-likeness (QED) is 0.606. The Morgan fingerprint density at radius 1 is 1.18 bits per heavy atom. The molecule has 22 heavy (non-hydrogen) atoms. The number of amides is 2. The minimum atomic E-state index is -0.522. The normalized spacial score (nSPS) is 17.8. The number of hydrogen-bond donors (Lipinski definition) is 2. The second-order valence-corrected chi connectivity index (χ2v) is 6.72. The minimum Gasteiger partial charge on any atom is -0.444 e. The molecule has 0 radical (unpaired) electrons. The standard InChI is InChI=1S/C17H28N2O3/c1-5-6-7-10-14(20)19-17(11-8-9-12-17)13-18-15(21)22-16(2,3)4/h5-7,10H,8-9,11-13H2,1-4H3,(H,18,21)(H,19,20). The first kappa shape index (κ1) is 18.3. The van der Waals surface area contributed by atoms with E-state index in [-0.39, 0.29) is 11.4 Å². The number of carbonyl (C=O) groups is 2. The van der Waals surface area contributed by atoms with Crippen molar-refractivity contribution in [2.75, 3.05) is 6.54 Å². The van der Waals surface area contributed by atoms with Gasteiger partial charge in [0.2, 0.25) is 5.91 Å². The zero-order valence-corrected chi connectivity index (χ0v) is 14.1. The fourth-order valence-electron chi connectivity index (χ4n) is 2.51. The molecule has 0 aromatic heterocycles. The molecular weight excluding hydrogens is 280 g/mol. The van der Waals surface area contributed by atoms with E-state index < -0.39 is 11.7 Å². The number of rotatable bonds is 5. The van der Waals surface area contributed by atoms with Gasteiger partial charge in [-0.15, -0.1) is 0 Å². The lowest BCUT2D eigenvalue weighted by Crippen LogP contribution is -2.54. The molecule has 1 aliphatic rings. The fourth-order valence-corrected chi connectivity index (χ4v) is 2.51. The molecular formula is C17H28N2O3. The van der Waals surface area contributed by atoms with Crippen molar-refractivity contribution in [3.05, 3.63) is 24.3 Å². The molecule has 2 N–H and O–H groups in total. The van der Waals surface area contributed by atoms with Crippen LogP contribution < -0.4 is 10.6 Å². The highest BCUT2D eigenvalue weighted by Crippen LogP contribution is 2.29. The Morgan fingerprint density at radius 2 is 1.82 bits per heavy atom. The SMILES string of the molecule is CC=CC=CC(=O)NC1(CNC(=O)OC(C)(C)C)CCCC1. The first-order valence-corrected chi connectivity index (χ1v) is 7.85. The second-order valence-electron chi connectivity index (χ2n) is 6.72. The van der Waals surface area contributed by atoms with E-state index in [0.717, 1.165) is 25.7 Å². The molecule has 0 bridgehead atoms. The second kappa shape index (κ2) is 8.01. The molecule has 0 atom stereocenters. The first-order chi connectivity index (χ1) is 10.3. The number of alkyl carbamates (subject to hydrolysis) is 1. The Bertz CT molecular complexity index is 441. The van der Waals surface area contributed by atoms with Crippen LogP contribution in [0.2, 0.25) is 0 Å². The van der Waals surface area contributed by atoms with Crippen LogP contribution in [0, 0.1) is 0 Å². The zero-order valence-electron chi connectivity index (χ0n) is 14.1. The first-order valence-electron chi connectivity index (χ1n) is 7.85. The Balaban J connectivity index is 2.57. The highest BCUT2D eigenvalue weighted by atomic mass is 16.6. The molecule has 2 amide bonds. The van der Waals surface area contributed by atoms with Gasteiger partial charge in [-0.2, -0.15) is 0 Å². The summed E-state index contributed by atoms with van der Waals surface area (Å²) in [5.41, 5.74) is -0.889. The molecule has 5 nitrogen and oxygen atoms in total. The Kier molecular flexibility index (Phi) is 6.65. The summed E-state index contributed by atoms with van der Waals surface area (Å²) >= 11 is 0. The van der Waals surface area contributed by atoms with Crippen molar-refractivity contribution in [2.24, 2.45) is 0 Å². The van der Waals surface area contributed by atoms with Gasteiger partial charge in [-0.3, -0.25) is 4.79 Å². The molecule has 5 heteroatoms. The van der Waals surface area contributed by atoms with Crippen LogP contribution in [0.25, 0.3) is 0 Å². The van der Waals surface area contributed by atoms with Crippen molar-refractivity contribution < 1.29 is 14.3 Å². The Morgan fingerprint density at radius 3 is 2.36 bits per heavy atom. The van der Waals surface area contributed by atoms with Crippen LogP contribution in [0.4, 0.5) is 4.79 Å². The predicted molar refractivity (Wildman–Crippen MR) is 87.5 cm³/mol. The number of nitrogens with one attached hydrogen (secondary N) is 2.